The molecule has 21 heavy (non-hydrogen) atoms. The Kier molecular flexibility index (Phi) is 3.23. The lowest BCUT2D eigenvalue weighted by Crippen LogP contribution is -2.45. The van der Waals surface area contributed by atoms with Crippen molar-refractivity contribution in [1.29, 1.82) is 0 Å². The minimum Gasteiger partial charge on any atom is -0.387 e. The Morgan fingerprint density at radius 2 is 1.81 bits per heavy atom. The first-order valence-electron chi connectivity index (χ1n) is 7.77. The number of hydrogen-bond acceptors (Lipinski definition) is 3. The van der Waals surface area contributed by atoms with E-state index in [9.17, 15) is 5.11 Å². The van der Waals surface area contributed by atoms with Gasteiger partial charge in [-0.2, -0.15) is 0 Å². The summed E-state index contributed by atoms with van der Waals surface area (Å²) in [6.07, 6.45) is 3.40. The normalized spacial score (nSPS) is 32.7. The highest BCUT2D eigenvalue weighted by Crippen LogP contribution is 2.58. The first kappa shape index (κ1) is 14.2. The van der Waals surface area contributed by atoms with E-state index in [-0.39, 0.29) is 16.0 Å². The predicted molar refractivity (Wildman–Crippen MR) is 83.6 cm³/mol. The van der Waals surface area contributed by atoms with Crippen LogP contribution in [0, 0.1) is 6.92 Å². The lowest BCUT2D eigenvalue weighted by molar-refractivity contribution is -0.185. The zero-order chi connectivity index (χ0) is 14.7. The second kappa shape index (κ2) is 4.79. The van der Waals surface area contributed by atoms with Crippen molar-refractivity contribution in [3.05, 3.63) is 34.9 Å². The van der Waals surface area contributed by atoms with Crippen LogP contribution in [-0.2, 0) is 14.9 Å². The molecule has 1 saturated carbocycles. The maximum absolute atomic E-state index is 10.6. The summed E-state index contributed by atoms with van der Waals surface area (Å²) in [5, 5.41) is 10.6. The van der Waals surface area contributed by atoms with Crippen LogP contribution in [-0.4, -0.2) is 28.9 Å². The van der Waals surface area contributed by atoms with Gasteiger partial charge in [0, 0.05) is 18.3 Å². The summed E-state index contributed by atoms with van der Waals surface area (Å²) >= 11 is 3.79. The van der Waals surface area contributed by atoms with E-state index in [4.69, 9.17) is 9.47 Å². The fourth-order valence-corrected chi connectivity index (χ4v) is 5.39. The number of hydrogen-bond donors (Lipinski definition) is 1. The standard InChI is InChI=1S/C17H21BrO3/c1-11-2-3-13-12(10-11)14(19)15(18)16(13)4-6-17(7-5-16)20-8-9-21-17/h2-3,10,14-15,19H,4-9H2,1H3. The zero-order valence-corrected chi connectivity index (χ0v) is 13.9. The van der Waals surface area contributed by atoms with Crippen LogP contribution in [0.4, 0.5) is 0 Å². The van der Waals surface area contributed by atoms with Crippen LogP contribution in [0.1, 0.15) is 48.5 Å². The van der Waals surface area contributed by atoms with E-state index in [0.29, 0.717) is 13.2 Å². The van der Waals surface area contributed by atoms with E-state index in [2.05, 4.69) is 41.1 Å². The van der Waals surface area contributed by atoms with Gasteiger partial charge in [-0.05, 0) is 30.9 Å². The van der Waals surface area contributed by atoms with E-state index in [1.165, 1.54) is 11.1 Å². The van der Waals surface area contributed by atoms with Gasteiger partial charge in [0.05, 0.1) is 24.1 Å². The summed E-state index contributed by atoms with van der Waals surface area (Å²) in [7, 11) is 0. The number of ether oxygens (including phenoxy) is 2. The third-order valence-corrected chi connectivity index (χ3v) is 6.96. The Morgan fingerprint density at radius 3 is 2.48 bits per heavy atom. The highest BCUT2D eigenvalue weighted by atomic mass is 79.9. The number of benzene rings is 1. The summed E-state index contributed by atoms with van der Waals surface area (Å²) in [4.78, 5) is 0.0838. The monoisotopic (exact) mass is 352 g/mol. The van der Waals surface area contributed by atoms with Gasteiger partial charge in [0.25, 0.3) is 0 Å². The van der Waals surface area contributed by atoms with Crippen LogP contribution in [0.3, 0.4) is 0 Å². The molecular weight excluding hydrogens is 332 g/mol. The molecule has 0 aromatic heterocycles. The van der Waals surface area contributed by atoms with Crippen molar-refractivity contribution in [2.75, 3.05) is 13.2 Å². The Bertz CT molecular complexity index is 555. The third-order valence-electron chi connectivity index (χ3n) is 5.58. The van der Waals surface area contributed by atoms with Crippen LogP contribution in [0.15, 0.2) is 18.2 Å². The molecule has 0 radical (unpaired) electrons. The van der Waals surface area contributed by atoms with Gasteiger partial charge in [0.2, 0.25) is 0 Å². The fraction of sp³-hybridized carbons (Fsp3) is 0.647. The molecule has 1 saturated heterocycles. The number of fused-ring (bicyclic) bond motifs is 2. The molecule has 114 valence electrons. The highest BCUT2D eigenvalue weighted by molar-refractivity contribution is 9.09. The summed E-state index contributed by atoms with van der Waals surface area (Å²) in [6.45, 7) is 3.50. The number of aryl methyl sites for hydroxylation is 1. The Hall–Kier alpha value is -0.420. The van der Waals surface area contributed by atoms with E-state index in [1.54, 1.807) is 0 Å². The van der Waals surface area contributed by atoms with Crippen molar-refractivity contribution in [2.24, 2.45) is 0 Å². The molecule has 1 aromatic rings. The number of rotatable bonds is 0. The molecule has 1 aromatic carbocycles. The van der Waals surface area contributed by atoms with Crippen LogP contribution in [0.5, 0.6) is 0 Å². The Balaban J connectivity index is 1.69. The summed E-state index contributed by atoms with van der Waals surface area (Å²) in [5.41, 5.74) is 3.64. The molecule has 2 unspecified atom stereocenters. The van der Waals surface area contributed by atoms with Crippen molar-refractivity contribution < 1.29 is 14.6 Å². The van der Waals surface area contributed by atoms with Crippen LogP contribution in [0.25, 0.3) is 0 Å². The predicted octanol–water partition coefficient (Wildman–Crippen LogP) is 3.36. The maximum atomic E-state index is 10.6. The van der Waals surface area contributed by atoms with Gasteiger partial charge < -0.3 is 14.6 Å². The fourth-order valence-electron chi connectivity index (χ4n) is 4.40. The van der Waals surface area contributed by atoms with Gasteiger partial charge in [-0.25, -0.2) is 0 Å². The van der Waals surface area contributed by atoms with Crippen LogP contribution >= 0.6 is 15.9 Å². The van der Waals surface area contributed by atoms with Crippen molar-refractivity contribution in [3.63, 3.8) is 0 Å². The van der Waals surface area contributed by atoms with Crippen LogP contribution in [0.2, 0.25) is 0 Å². The molecule has 4 rings (SSSR count). The smallest absolute Gasteiger partial charge is 0.168 e. The number of aliphatic hydroxyl groups is 1. The zero-order valence-electron chi connectivity index (χ0n) is 12.3. The van der Waals surface area contributed by atoms with E-state index in [0.717, 1.165) is 31.2 Å². The molecule has 0 bridgehead atoms. The number of aliphatic hydroxyl groups excluding tert-OH is 1. The molecule has 0 amide bonds. The van der Waals surface area contributed by atoms with Crippen molar-refractivity contribution in [2.45, 2.75) is 54.7 Å². The van der Waals surface area contributed by atoms with Crippen molar-refractivity contribution in [3.8, 4) is 0 Å². The quantitative estimate of drug-likeness (QED) is 0.727. The summed E-state index contributed by atoms with van der Waals surface area (Å²) in [6, 6.07) is 6.50. The SMILES string of the molecule is Cc1ccc2c(c1)C(O)C(Br)C21CCC2(CC1)OCCO2. The van der Waals surface area contributed by atoms with Crippen LogP contribution < -0.4 is 0 Å². The molecule has 3 nitrogen and oxygen atoms in total. The molecule has 1 N–H and O–H groups in total. The second-order valence-electron chi connectivity index (χ2n) is 6.70. The minimum absolute atomic E-state index is 0.0169. The molecule has 2 atom stereocenters. The van der Waals surface area contributed by atoms with Gasteiger partial charge in [0.15, 0.2) is 5.79 Å². The summed E-state index contributed by atoms with van der Waals surface area (Å²) < 4.78 is 11.7. The van der Waals surface area contributed by atoms with E-state index >= 15 is 0 Å². The van der Waals surface area contributed by atoms with Gasteiger partial charge in [-0.3, -0.25) is 0 Å². The molecule has 4 heteroatoms. The molecule has 3 aliphatic rings. The van der Waals surface area contributed by atoms with Gasteiger partial charge in [-0.15, -0.1) is 0 Å². The molecular formula is C17H21BrO3. The molecule has 2 spiro atoms. The topological polar surface area (TPSA) is 38.7 Å². The largest absolute Gasteiger partial charge is 0.387 e. The second-order valence-corrected chi connectivity index (χ2v) is 7.69. The molecule has 2 fully saturated rings. The third kappa shape index (κ3) is 1.96. The lowest BCUT2D eigenvalue weighted by atomic mass is 9.68. The average molecular weight is 353 g/mol. The van der Waals surface area contributed by atoms with E-state index < -0.39 is 6.10 Å². The highest BCUT2D eigenvalue weighted by Gasteiger charge is 2.55. The number of alkyl halides is 1. The first-order valence-corrected chi connectivity index (χ1v) is 8.69. The number of halogens is 1. The lowest BCUT2D eigenvalue weighted by Gasteiger charge is -2.44. The van der Waals surface area contributed by atoms with Gasteiger partial charge in [-0.1, -0.05) is 39.7 Å². The van der Waals surface area contributed by atoms with Gasteiger partial charge in [0.1, 0.15) is 0 Å². The maximum Gasteiger partial charge on any atom is 0.168 e. The molecule has 1 heterocycles. The van der Waals surface area contributed by atoms with Gasteiger partial charge >= 0.3 is 0 Å². The Morgan fingerprint density at radius 1 is 1.14 bits per heavy atom. The van der Waals surface area contributed by atoms with Crippen molar-refractivity contribution in [1.82, 2.24) is 0 Å². The Labute approximate surface area is 133 Å². The van der Waals surface area contributed by atoms with E-state index in [1.807, 2.05) is 0 Å². The molecule has 1 aliphatic heterocycles. The minimum atomic E-state index is -0.417. The molecule has 2 aliphatic carbocycles. The summed E-state index contributed by atoms with van der Waals surface area (Å²) in [5.74, 6) is -0.351. The average Bonchev–Trinajstić information content (AvgIpc) is 3.02. The first-order chi connectivity index (χ1) is 10.1. The van der Waals surface area contributed by atoms with Crippen molar-refractivity contribution >= 4 is 15.9 Å².